The highest BCUT2D eigenvalue weighted by atomic mass is 19.4. The normalized spacial score (nSPS) is 15.0. The fourth-order valence-electron chi connectivity index (χ4n) is 12.7. The molecule has 13 amide bonds. The molecule has 9 aromatic rings. The van der Waals surface area contributed by atoms with Gasteiger partial charge in [-0.05, 0) is 192 Å². The molecule has 4 heterocycles. The lowest BCUT2D eigenvalue weighted by Gasteiger charge is -2.27. The Morgan fingerprint density at radius 2 is 0.694 bits per heavy atom. The number of imide groups is 3. The zero-order valence-electron chi connectivity index (χ0n) is 57.9. The van der Waals surface area contributed by atoms with E-state index in [2.05, 4.69) is 10.2 Å². The number of aliphatic hydroxyl groups excluding tert-OH is 1. The van der Waals surface area contributed by atoms with Gasteiger partial charge in [0, 0.05) is 38.3 Å². The summed E-state index contributed by atoms with van der Waals surface area (Å²) in [6.45, 7) is 8.08. The number of carboxylic acid groups (broad SMARTS) is 1. The first-order valence-electron chi connectivity index (χ1n) is 33.9. The van der Waals surface area contributed by atoms with Crippen molar-refractivity contribution in [3.8, 4) is 0 Å². The Labute approximate surface area is 612 Å². The molecule has 4 aliphatic rings. The molecule has 0 aromatic heterocycles. The fraction of sp³-hybridized carbons (Fsp3) is 0.205. The second kappa shape index (κ2) is 32.0. The maximum atomic E-state index is 14.2. The van der Waals surface area contributed by atoms with E-state index < -0.39 is 77.4 Å². The number of halogens is 9. The first-order valence-corrected chi connectivity index (χ1v) is 33.9. The molecule has 4 aliphatic heterocycles. The van der Waals surface area contributed by atoms with E-state index >= 15 is 0 Å². The quantitative estimate of drug-likeness (QED) is 0.0819. The van der Waals surface area contributed by atoms with Gasteiger partial charge in [-0.25, -0.2) is 48.3 Å². The van der Waals surface area contributed by atoms with Gasteiger partial charge >= 0.3 is 60.7 Å². The van der Waals surface area contributed by atoms with Gasteiger partial charge in [-0.2, -0.15) is 39.5 Å². The van der Waals surface area contributed by atoms with Crippen molar-refractivity contribution in [3.05, 3.63) is 252 Å². The van der Waals surface area contributed by atoms with Crippen molar-refractivity contribution in [2.24, 2.45) is 0 Å². The van der Waals surface area contributed by atoms with Gasteiger partial charge < -0.3 is 20.4 Å². The molecular weight excluding hydrogens is 1420 g/mol. The number of aliphatic hydroxyl groups is 1. The molecule has 9 aromatic carbocycles. The predicted molar refractivity (Wildman–Crippen MR) is 389 cm³/mol. The van der Waals surface area contributed by atoms with E-state index in [-0.39, 0.29) is 106 Å². The maximum absolute atomic E-state index is 14.2. The van der Waals surface area contributed by atoms with Gasteiger partial charge in [-0.1, -0.05) is 78.9 Å². The largest absolute Gasteiger partial charge is 0.478 e. The number of likely N-dealkylation sites (tertiary alicyclic amines) is 1. The number of carbonyl (C=O) groups excluding carboxylic acids is 7. The van der Waals surface area contributed by atoms with E-state index in [0.717, 1.165) is 110 Å². The number of hydrogen-bond donors (Lipinski definition) is 3. The van der Waals surface area contributed by atoms with Crippen LogP contribution in [0.1, 0.15) is 76.6 Å². The Balaban J connectivity index is 0.000000162. The molecule has 1 saturated heterocycles. The summed E-state index contributed by atoms with van der Waals surface area (Å²) < 4.78 is 123. The molecule has 1 fully saturated rings. The molecule has 108 heavy (non-hydrogen) atoms. The average Bonchev–Trinajstić information content (AvgIpc) is 1.60. The Bertz CT molecular complexity index is 4880. The monoisotopic (exact) mass is 1490 g/mol. The first kappa shape index (κ1) is 76.6. The van der Waals surface area contributed by atoms with E-state index in [1.54, 1.807) is 124 Å². The zero-order chi connectivity index (χ0) is 77.5. The van der Waals surface area contributed by atoms with Gasteiger partial charge in [0.2, 0.25) is 0 Å². The van der Waals surface area contributed by atoms with Crippen molar-refractivity contribution in [1.82, 2.24) is 10.2 Å². The van der Waals surface area contributed by atoms with Crippen molar-refractivity contribution >= 4 is 116 Å². The number of carbonyl (C=O) groups is 8. The lowest BCUT2D eigenvalue weighted by molar-refractivity contribution is -0.138. The van der Waals surface area contributed by atoms with Gasteiger partial charge in [0.25, 0.3) is 5.91 Å². The maximum Gasteiger partial charge on any atom is 0.416 e. The molecule has 0 saturated carbocycles. The summed E-state index contributed by atoms with van der Waals surface area (Å²) >= 11 is 0. The van der Waals surface area contributed by atoms with E-state index in [1.165, 1.54) is 81.4 Å². The summed E-state index contributed by atoms with van der Waals surface area (Å²) in [5.74, 6) is -1.62. The average molecular weight is 1490 g/mol. The minimum absolute atomic E-state index is 0.0295. The lowest BCUT2D eigenvalue weighted by Crippen LogP contribution is -2.48. The third-order valence-corrected chi connectivity index (χ3v) is 17.9. The summed E-state index contributed by atoms with van der Waals surface area (Å²) in [6.07, 6.45) is -11.7. The van der Waals surface area contributed by atoms with Crippen LogP contribution in [-0.2, 0) is 25.1 Å². The van der Waals surface area contributed by atoms with Crippen LogP contribution in [0.5, 0.6) is 0 Å². The number of fused-ring (bicyclic) bond motifs is 3. The molecule has 0 radical (unpaired) electrons. The summed E-state index contributed by atoms with van der Waals surface area (Å²) in [5.41, 5.74) is -1.03. The van der Waals surface area contributed by atoms with Crippen LogP contribution < -0.4 is 49.4 Å². The third-order valence-electron chi connectivity index (χ3n) is 17.9. The van der Waals surface area contributed by atoms with Crippen LogP contribution >= 0.6 is 0 Å². The SMILES string of the molecule is CCN1C(=O)N(c2cccc(C(=O)NCCN3CCCC3)c2)C(=O)N(c2ccccc2)c2cc(C(F)(F)F)ccc21.CCN1C(=O)N(c2cccc(C(=O)O)c2)C(=O)N(c2ccccc2)c2cc(C(F)(F)F)ccc21.CCN1C(=O)N(c2cccc(CO)c2)C(=O)N(c2ccccc2)c2cc(C(F)(F)F)ccc21. The van der Waals surface area contributed by atoms with Crippen LogP contribution in [0.2, 0.25) is 0 Å². The Morgan fingerprint density at radius 3 is 1.03 bits per heavy atom. The number of carboxylic acids is 1. The number of alkyl halides is 9. The van der Waals surface area contributed by atoms with Crippen LogP contribution in [-0.4, -0.2) is 109 Å². The third kappa shape index (κ3) is 16.0. The molecule has 21 nitrogen and oxygen atoms in total. The van der Waals surface area contributed by atoms with Crippen LogP contribution in [0.3, 0.4) is 0 Å². The van der Waals surface area contributed by atoms with Crippen molar-refractivity contribution in [2.75, 3.05) is 89.9 Å². The van der Waals surface area contributed by atoms with Crippen molar-refractivity contribution in [1.29, 1.82) is 0 Å². The summed E-state index contributed by atoms with van der Waals surface area (Å²) in [7, 11) is 0. The number of aromatic carboxylic acids is 1. The van der Waals surface area contributed by atoms with Crippen LogP contribution in [0.4, 0.5) is 137 Å². The molecule has 0 atom stereocenters. The zero-order valence-corrected chi connectivity index (χ0v) is 57.9. The van der Waals surface area contributed by atoms with E-state index in [9.17, 15) is 88.1 Å². The number of hydrogen-bond acceptors (Lipinski definition) is 10. The molecule has 0 spiro atoms. The Hall–Kier alpha value is -12.6. The van der Waals surface area contributed by atoms with Crippen molar-refractivity contribution < 1.29 is 88.1 Å². The molecule has 30 heteroatoms. The number of nitrogens with one attached hydrogen (secondary N) is 1. The summed E-state index contributed by atoms with van der Waals surface area (Å²) in [5, 5.41) is 21.7. The van der Waals surface area contributed by atoms with Crippen molar-refractivity contribution in [3.63, 3.8) is 0 Å². The highest BCUT2D eigenvalue weighted by Crippen LogP contribution is 2.48. The Kier molecular flexibility index (Phi) is 22.7. The number of benzene rings is 9. The van der Waals surface area contributed by atoms with Gasteiger partial charge in [0.15, 0.2) is 0 Å². The number of urea groups is 6. The van der Waals surface area contributed by atoms with Gasteiger partial charge in [-0.3, -0.25) is 34.2 Å². The predicted octanol–water partition coefficient (Wildman–Crippen LogP) is 18.3. The molecule has 13 rings (SSSR count). The number of amides is 13. The summed E-state index contributed by atoms with van der Waals surface area (Å²) in [4.78, 5) is 119. The van der Waals surface area contributed by atoms with Gasteiger partial charge in [0.1, 0.15) is 0 Å². The lowest BCUT2D eigenvalue weighted by atomic mass is 10.1. The van der Waals surface area contributed by atoms with E-state index in [4.69, 9.17) is 0 Å². The topological polar surface area (TPSA) is 221 Å². The van der Waals surface area contributed by atoms with Crippen LogP contribution in [0, 0.1) is 0 Å². The molecule has 0 bridgehead atoms. The minimum atomic E-state index is -4.68. The van der Waals surface area contributed by atoms with Gasteiger partial charge in [0.05, 0.1) is 97.1 Å². The van der Waals surface area contributed by atoms with Crippen LogP contribution in [0.25, 0.3) is 0 Å². The number of anilines is 12. The second-order valence-corrected chi connectivity index (χ2v) is 24.6. The summed E-state index contributed by atoms with van der Waals surface area (Å²) in [6, 6.07) is 45.7. The van der Waals surface area contributed by atoms with Crippen LogP contribution in [0.15, 0.2) is 218 Å². The highest BCUT2D eigenvalue weighted by Gasteiger charge is 2.45. The smallest absolute Gasteiger partial charge is 0.416 e. The molecule has 0 unspecified atom stereocenters. The number of para-hydroxylation sites is 3. The molecular formula is C78H68F9N11O10. The second-order valence-electron chi connectivity index (χ2n) is 24.6. The fourth-order valence-corrected chi connectivity index (χ4v) is 12.7. The number of nitrogens with zero attached hydrogens (tertiary/aromatic N) is 10. The van der Waals surface area contributed by atoms with Crippen molar-refractivity contribution in [2.45, 2.75) is 58.7 Å². The highest BCUT2D eigenvalue weighted by molar-refractivity contribution is 6.31. The first-order chi connectivity index (χ1) is 51.6. The van der Waals surface area contributed by atoms with Gasteiger partial charge in [-0.15, -0.1) is 0 Å². The Morgan fingerprint density at radius 1 is 0.370 bits per heavy atom. The molecule has 3 N–H and O–H groups in total. The number of rotatable bonds is 15. The molecule has 558 valence electrons. The standard InChI is InChI=1S/C30H30F3N5O3.C24H18F3N3O4.C24H20F3N3O3/c1-2-36-25-14-13-22(30(31,32)33)20-26(25)37(23-10-4-3-5-11-23)29(41)38(28(36)40)24-12-8-9-21(19-24)27(39)34-15-18-35-16-6-7-17-35;1-2-28-19-12-11-16(24(25,26)27)14-20(19)29(17-8-4-3-5-9-17)23(34)30(22(28)33)18-10-6-7-15(13-18)21(31)32;1-2-28-20-12-11-17(24(25,26)27)14-21(20)29(18-8-4-3-5-9-18)23(33)30(22(28)32)19-10-6-7-16(13-19)15-31/h3-5,8-14,19-20H,2,6-7,15-18H2,1H3,(H,34,39);3-14H,2H2,1H3,(H,31,32);3-14,31H,2,15H2,1H3. The van der Waals surface area contributed by atoms with E-state index in [0.29, 0.717) is 17.8 Å². The minimum Gasteiger partial charge on any atom is -0.478 e. The van der Waals surface area contributed by atoms with E-state index in [1.807, 2.05) is 0 Å². The molecule has 0 aliphatic carbocycles.